The van der Waals surface area contributed by atoms with Crippen molar-refractivity contribution in [2.75, 3.05) is 0 Å². The van der Waals surface area contributed by atoms with Gasteiger partial charge in [-0.3, -0.25) is 4.79 Å². The Balaban J connectivity index is 1.81. The number of Topliss-reactive ketones (excluding diaryl/α,β-unsaturated/α-hetero) is 1. The fourth-order valence-electron chi connectivity index (χ4n) is 3.04. The molecule has 0 bridgehead atoms. The first kappa shape index (κ1) is 10.4. The molecule has 16 heavy (non-hydrogen) atoms. The fraction of sp³-hybridized carbons (Fsp3) is 0.500. The van der Waals surface area contributed by atoms with Gasteiger partial charge in [0.2, 0.25) is 0 Å². The number of rotatable bonds is 2. The fourth-order valence-corrected chi connectivity index (χ4v) is 4.66. The van der Waals surface area contributed by atoms with Gasteiger partial charge in [-0.15, -0.1) is 11.8 Å². The van der Waals surface area contributed by atoms with E-state index in [0.717, 1.165) is 12.8 Å². The first-order chi connectivity index (χ1) is 7.80. The van der Waals surface area contributed by atoms with Crippen LogP contribution in [0.15, 0.2) is 35.2 Å². The van der Waals surface area contributed by atoms with E-state index in [4.69, 9.17) is 0 Å². The lowest BCUT2D eigenvalue weighted by molar-refractivity contribution is -0.133. The van der Waals surface area contributed by atoms with Gasteiger partial charge in [0.1, 0.15) is 5.78 Å². The van der Waals surface area contributed by atoms with Crippen molar-refractivity contribution in [3.05, 3.63) is 30.3 Å². The van der Waals surface area contributed by atoms with Crippen molar-refractivity contribution in [2.45, 2.75) is 41.7 Å². The summed E-state index contributed by atoms with van der Waals surface area (Å²) in [6, 6.07) is 10.5. The van der Waals surface area contributed by atoms with Crippen molar-refractivity contribution in [3.63, 3.8) is 0 Å². The monoisotopic (exact) mass is 232 g/mol. The summed E-state index contributed by atoms with van der Waals surface area (Å²) in [5.74, 6) is 0.856. The lowest BCUT2D eigenvalue weighted by Crippen LogP contribution is -2.53. The van der Waals surface area contributed by atoms with Gasteiger partial charge in [0.25, 0.3) is 0 Å². The molecule has 0 amide bonds. The Labute approximate surface area is 101 Å². The average Bonchev–Trinajstić information content (AvgIpc) is 2.29. The van der Waals surface area contributed by atoms with E-state index in [1.807, 2.05) is 17.8 Å². The molecule has 0 radical (unpaired) electrons. The number of ketones is 1. The van der Waals surface area contributed by atoms with Crippen LogP contribution in [0.25, 0.3) is 0 Å². The normalized spacial score (nSPS) is 33.0. The maximum atomic E-state index is 11.6. The quantitative estimate of drug-likeness (QED) is 0.773. The highest BCUT2D eigenvalue weighted by Crippen LogP contribution is 2.56. The van der Waals surface area contributed by atoms with Gasteiger partial charge in [-0.1, -0.05) is 31.0 Å². The summed E-state index contributed by atoms with van der Waals surface area (Å²) < 4.78 is 0.261. The first-order valence-electron chi connectivity index (χ1n) is 6.07. The molecule has 0 unspecified atom stereocenters. The smallest absolute Gasteiger partial charge is 0.138 e. The molecule has 0 heterocycles. The molecular formula is C14H16OS. The Morgan fingerprint density at radius 3 is 2.75 bits per heavy atom. The summed E-state index contributed by atoms with van der Waals surface area (Å²) in [5.41, 5.74) is 0. The largest absolute Gasteiger partial charge is 0.299 e. The second-order valence-electron chi connectivity index (χ2n) is 4.92. The zero-order valence-corrected chi connectivity index (χ0v) is 10.1. The Bertz CT molecular complexity index is 400. The van der Waals surface area contributed by atoms with E-state index < -0.39 is 0 Å². The number of carbonyl (C=O) groups is 1. The second-order valence-corrected chi connectivity index (χ2v) is 6.41. The van der Waals surface area contributed by atoms with E-state index >= 15 is 0 Å². The maximum Gasteiger partial charge on any atom is 0.138 e. The average molecular weight is 232 g/mol. The molecule has 84 valence electrons. The molecule has 3 rings (SSSR count). The SMILES string of the molecule is O=C1C[C@@]2(Sc3ccccc3)CCCC[C@@H]12. The van der Waals surface area contributed by atoms with Gasteiger partial charge in [0, 0.05) is 22.0 Å². The van der Waals surface area contributed by atoms with Crippen LogP contribution in [0.1, 0.15) is 32.1 Å². The highest BCUT2D eigenvalue weighted by atomic mass is 32.2. The van der Waals surface area contributed by atoms with E-state index in [9.17, 15) is 4.79 Å². The van der Waals surface area contributed by atoms with Crippen molar-refractivity contribution in [3.8, 4) is 0 Å². The molecule has 2 fully saturated rings. The van der Waals surface area contributed by atoms with Crippen molar-refractivity contribution in [1.82, 2.24) is 0 Å². The molecule has 2 aliphatic carbocycles. The number of hydrogen-bond acceptors (Lipinski definition) is 2. The van der Waals surface area contributed by atoms with E-state index in [1.54, 1.807) is 0 Å². The van der Waals surface area contributed by atoms with Gasteiger partial charge in [-0.2, -0.15) is 0 Å². The molecule has 2 aliphatic rings. The molecule has 0 aromatic heterocycles. The number of fused-ring (bicyclic) bond motifs is 1. The van der Waals surface area contributed by atoms with Crippen LogP contribution in [0.3, 0.4) is 0 Å². The van der Waals surface area contributed by atoms with Crippen molar-refractivity contribution in [1.29, 1.82) is 0 Å². The number of carbonyl (C=O) groups excluding carboxylic acids is 1. The van der Waals surface area contributed by atoms with Crippen LogP contribution in [-0.2, 0) is 4.79 Å². The molecular weight excluding hydrogens is 216 g/mol. The van der Waals surface area contributed by atoms with Crippen molar-refractivity contribution >= 4 is 17.5 Å². The Hall–Kier alpha value is -0.760. The van der Waals surface area contributed by atoms with Gasteiger partial charge in [-0.25, -0.2) is 0 Å². The van der Waals surface area contributed by atoms with Crippen molar-refractivity contribution < 1.29 is 4.79 Å². The minimum absolute atomic E-state index is 0.261. The van der Waals surface area contributed by atoms with Gasteiger partial charge in [0.05, 0.1) is 0 Å². The number of hydrogen-bond donors (Lipinski definition) is 0. The van der Waals surface area contributed by atoms with E-state index in [1.165, 1.54) is 24.2 Å². The summed E-state index contributed by atoms with van der Waals surface area (Å²) in [5, 5.41) is 0. The molecule has 2 saturated carbocycles. The summed E-state index contributed by atoms with van der Waals surface area (Å²) in [6.45, 7) is 0. The minimum atomic E-state index is 0.261. The Kier molecular flexibility index (Phi) is 2.55. The predicted molar refractivity (Wildman–Crippen MR) is 66.6 cm³/mol. The highest BCUT2D eigenvalue weighted by Gasteiger charge is 2.54. The predicted octanol–water partition coefficient (Wildman–Crippen LogP) is 3.68. The third-order valence-corrected chi connectivity index (χ3v) is 5.45. The summed E-state index contributed by atoms with van der Waals surface area (Å²) in [6.07, 6.45) is 5.69. The van der Waals surface area contributed by atoms with Crippen LogP contribution in [0.5, 0.6) is 0 Å². The van der Waals surface area contributed by atoms with Gasteiger partial charge in [0.15, 0.2) is 0 Å². The molecule has 0 saturated heterocycles. The van der Waals surface area contributed by atoms with Gasteiger partial charge < -0.3 is 0 Å². The molecule has 1 aromatic rings. The molecule has 2 atom stereocenters. The number of thioether (sulfide) groups is 1. The first-order valence-corrected chi connectivity index (χ1v) is 6.89. The molecule has 1 nitrogen and oxygen atoms in total. The summed E-state index contributed by atoms with van der Waals surface area (Å²) in [4.78, 5) is 13.0. The Morgan fingerprint density at radius 2 is 2.00 bits per heavy atom. The van der Waals surface area contributed by atoms with Crippen LogP contribution < -0.4 is 0 Å². The molecule has 0 N–H and O–H groups in total. The number of benzene rings is 1. The molecule has 1 aromatic carbocycles. The third-order valence-electron chi connectivity index (χ3n) is 3.90. The molecule has 0 aliphatic heterocycles. The van der Waals surface area contributed by atoms with Crippen LogP contribution >= 0.6 is 11.8 Å². The van der Waals surface area contributed by atoms with Crippen LogP contribution in [0, 0.1) is 5.92 Å². The molecule has 2 heteroatoms. The maximum absolute atomic E-state index is 11.6. The van der Waals surface area contributed by atoms with Gasteiger partial charge in [-0.05, 0) is 25.0 Å². The third kappa shape index (κ3) is 1.60. The highest BCUT2D eigenvalue weighted by molar-refractivity contribution is 8.00. The second kappa shape index (κ2) is 3.92. The summed E-state index contributed by atoms with van der Waals surface area (Å²) in [7, 11) is 0. The minimum Gasteiger partial charge on any atom is -0.299 e. The van der Waals surface area contributed by atoms with Gasteiger partial charge >= 0.3 is 0 Å². The van der Waals surface area contributed by atoms with Crippen molar-refractivity contribution in [2.24, 2.45) is 5.92 Å². The van der Waals surface area contributed by atoms with Crippen LogP contribution in [0.4, 0.5) is 0 Å². The topological polar surface area (TPSA) is 17.1 Å². The van der Waals surface area contributed by atoms with Crippen LogP contribution in [-0.4, -0.2) is 10.5 Å². The van der Waals surface area contributed by atoms with E-state index in [0.29, 0.717) is 11.7 Å². The van der Waals surface area contributed by atoms with E-state index in [-0.39, 0.29) is 4.75 Å². The van der Waals surface area contributed by atoms with E-state index in [2.05, 4.69) is 24.3 Å². The molecule has 0 spiro atoms. The standard InChI is InChI=1S/C14H16OS/c15-13-10-14(9-5-4-8-12(13)14)16-11-6-2-1-3-7-11/h1-3,6-7,12H,4-5,8-10H2/t12-,14-/m0/s1. The lowest BCUT2D eigenvalue weighted by atomic mass is 9.64. The Morgan fingerprint density at radius 1 is 1.19 bits per heavy atom. The summed E-state index contributed by atoms with van der Waals surface area (Å²) >= 11 is 1.94. The van der Waals surface area contributed by atoms with Crippen LogP contribution in [0.2, 0.25) is 0 Å². The lowest BCUT2D eigenvalue weighted by Gasteiger charge is -2.50. The zero-order valence-electron chi connectivity index (χ0n) is 9.32. The zero-order chi connectivity index (χ0) is 11.0.